The molecule has 3 heterocycles. The number of hydrogen-bond donors (Lipinski definition) is 1. The molecule has 11 heteroatoms. The number of nitrogens with one attached hydrogen (secondary N) is 1. The lowest BCUT2D eigenvalue weighted by molar-refractivity contribution is 0.102. The summed E-state index contributed by atoms with van der Waals surface area (Å²) < 4.78 is 31.3. The van der Waals surface area contributed by atoms with Gasteiger partial charge in [0.2, 0.25) is 0 Å². The maximum atomic E-state index is 13.6. The van der Waals surface area contributed by atoms with Crippen LogP contribution >= 0.6 is 23.2 Å². The zero-order chi connectivity index (χ0) is 25.6. The summed E-state index contributed by atoms with van der Waals surface area (Å²) in [5.74, 6) is 0.369. The van der Waals surface area contributed by atoms with Gasteiger partial charge in [-0.1, -0.05) is 23.2 Å². The number of carbonyl (C=O) groups excluding carboxylic acids is 1. The number of sulfone groups is 1. The average Bonchev–Trinajstić information content (AvgIpc) is 3.38. The predicted molar refractivity (Wildman–Crippen MR) is 141 cm³/mol. The molecule has 1 amide bonds. The molecule has 1 aliphatic rings. The Morgan fingerprint density at radius 3 is 2.53 bits per heavy atom. The van der Waals surface area contributed by atoms with Crippen LogP contribution in [0.15, 0.2) is 48.5 Å². The number of carbonyl (C=O) groups is 1. The number of halogens is 2. The van der Waals surface area contributed by atoms with Crippen molar-refractivity contribution < 1.29 is 17.9 Å². The monoisotopic (exact) mass is 544 g/mol. The number of ether oxygens (including phenoxy) is 1. The fourth-order valence-electron chi connectivity index (χ4n) is 4.41. The van der Waals surface area contributed by atoms with E-state index < -0.39 is 15.7 Å². The molecule has 1 unspecified atom stereocenters. The number of anilines is 1. The zero-order valence-electron chi connectivity index (χ0n) is 19.5. The Balaban J connectivity index is 1.67. The lowest BCUT2D eigenvalue weighted by atomic mass is 10.0. The first-order chi connectivity index (χ1) is 17.1. The van der Waals surface area contributed by atoms with Crippen LogP contribution in [0.4, 0.5) is 5.69 Å². The molecule has 0 saturated carbocycles. The van der Waals surface area contributed by atoms with Crippen molar-refractivity contribution in [1.29, 1.82) is 0 Å². The molecular weight excluding hydrogens is 523 g/mol. The van der Waals surface area contributed by atoms with Gasteiger partial charge < -0.3 is 10.1 Å². The Morgan fingerprint density at radius 2 is 1.89 bits per heavy atom. The maximum Gasteiger partial charge on any atom is 0.256 e. The van der Waals surface area contributed by atoms with Crippen LogP contribution in [0, 0.1) is 6.92 Å². The summed E-state index contributed by atoms with van der Waals surface area (Å²) in [5.41, 5.74) is 3.10. The number of aryl methyl sites for hydroxylation is 1. The van der Waals surface area contributed by atoms with Crippen LogP contribution < -0.4 is 10.1 Å². The van der Waals surface area contributed by atoms with E-state index in [9.17, 15) is 13.2 Å². The molecule has 186 valence electrons. The molecule has 4 aromatic rings. The molecule has 2 aromatic heterocycles. The first-order valence-electron chi connectivity index (χ1n) is 11.2. The van der Waals surface area contributed by atoms with Crippen molar-refractivity contribution in [2.45, 2.75) is 19.4 Å². The number of benzene rings is 2. The molecule has 0 radical (unpaired) electrons. The van der Waals surface area contributed by atoms with E-state index in [2.05, 4.69) is 10.4 Å². The van der Waals surface area contributed by atoms with Crippen LogP contribution in [0.2, 0.25) is 10.0 Å². The molecule has 1 N–H and O–H groups in total. The summed E-state index contributed by atoms with van der Waals surface area (Å²) in [4.78, 5) is 18.4. The zero-order valence-corrected chi connectivity index (χ0v) is 21.8. The summed E-state index contributed by atoms with van der Waals surface area (Å²) >= 11 is 12.3. The van der Waals surface area contributed by atoms with Crippen LogP contribution in [0.3, 0.4) is 0 Å². The fraction of sp³-hybridized carbons (Fsp3) is 0.240. The SMILES string of the molecule is COc1ccc(-c2cc(C(=O)Nc3ccc(Cl)cc3Cl)c3c(C)nn(C4CCS(=O)(=O)C4)c3n2)cc1. The topological polar surface area (TPSA) is 103 Å². The Hall–Kier alpha value is -3.14. The smallest absolute Gasteiger partial charge is 0.256 e. The Kier molecular flexibility index (Phi) is 6.40. The number of nitrogens with zero attached hydrogens (tertiary/aromatic N) is 3. The van der Waals surface area contributed by atoms with E-state index in [4.69, 9.17) is 32.9 Å². The van der Waals surface area contributed by atoms with Crippen LogP contribution in [0.5, 0.6) is 5.75 Å². The summed E-state index contributed by atoms with van der Waals surface area (Å²) in [5, 5.41) is 8.79. The Morgan fingerprint density at radius 1 is 1.14 bits per heavy atom. The Labute approximate surface area is 218 Å². The van der Waals surface area contributed by atoms with E-state index in [1.54, 1.807) is 55.1 Å². The first kappa shape index (κ1) is 24.5. The second kappa shape index (κ2) is 9.38. The number of methoxy groups -OCH3 is 1. The molecule has 2 aromatic carbocycles. The molecule has 0 spiro atoms. The van der Waals surface area contributed by atoms with Gasteiger partial charge in [0.15, 0.2) is 15.5 Å². The standard InChI is InChI=1S/C25H22Cl2N4O4S/c1-14-23-19(25(32)29-21-8-5-16(26)11-20(21)27)12-22(15-3-6-18(35-2)7-4-15)28-24(23)31(30-14)17-9-10-36(33,34)13-17/h3-8,11-12,17H,9-10,13H2,1-2H3,(H,29,32). The van der Waals surface area contributed by atoms with Crippen molar-refractivity contribution in [3.05, 3.63) is 69.8 Å². The van der Waals surface area contributed by atoms with E-state index in [0.29, 0.717) is 55.9 Å². The largest absolute Gasteiger partial charge is 0.497 e. The molecular formula is C25H22Cl2N4O4S. The Bertz CT molecular complexity index is 1600. The van der Waals surface area contributed by atoms with Gasteiger partial charge >= 0.3 is 0 Å². The number of hydrogen-bond acceptors (Lipinski definition) is 6. The normalized spacial score (nSPS) is 16.8. The highest BCUT2D eigenvalue weighted by molar-refractivity contribution is 7.91. The quantitative estimate of drug-likeness (QED) is 0.364. The van der Waals surface area contributed by atoms with E-state index in [1.165, 1.54) is 0 Å². The summed E-state index contributed by atoms with van der Waals surface area (Å²) in [7, 11) is -1.57. The van der Waals surface area contributed by atoms with Crippen LogP contribution in [-0.4, -0.2) is 47.7 Å². The summed E-state index contributed by atoms with van der Waals surface area (Å²) in [6.07, 6.45) is 0.439. The number of fused-ring (bicyclic) bond motifs is 1. The third-order valence-corrected chi connectivity index (χ3v) is 8.50. The third kappa shape index (κ3) is 4.66. The van der Waals surface area contributed by atoms with Gasteiger partial charge in [-0.15, -0.1) is 0 Å². The molecule has 8 nitrogen and oxygen atoms in total. The van der Waals surface area contributed by atoms with Gasteiger partial charge in [0.1, 0.15) is 5.75 Å². The lowest BCUT2D eigenvalue weighted by Gasteiger charge is -2.13. The van der Waals surface area contributed by atoms with Gasteiger partial charge in [-0.05, 0) is 61.9 Å². The highest BCUT2D eigenvalue weighted by Crippen LogP contribution is 2.33. The van der Waals surface area contributed by atoms with Gasteiger partial charge in [0, 0.05) is 10.6 Å². The van der Waals surface area contributed by atoms with Crippen molar-refractivity contribution in [1.82, 2.24) is 14.8 Å². The highest BCUT2D eigenvalue weighted by atomic mass is 35.5. The number of aromatic nitrogens is 3. The van der Waals surface area contributed by atoms with E-state index in [1.807, 2.05) is 12.1 Å². The van der Waals surface area contributed by atoms with Crippen LogP contribution in [0.25, 0.3) is 22.3 Å². The molecule has 0 aliphatic carbocycles. The van der Waals surface area contributed by atoms with Crippen LogP contribution in [0.1, 0.15) is 28.5 Å². The van der Waals surface area contributed by atoms with Gasteiger partial charge in [-0.3, -0.25) is 4.79 Å². The molecule has 1 atom stereocenters. The second-order valence-corrected chi connectivity index (χ2v) is 11.7. The predicted octanol–water partition coefficient (Wildman–Crippen LogP) is 5.33. The van der Waals surface area contributed by atoms with Gasteiger partial charge in [-0.25, -0.2) is 18.1 Å². The van der Waals surface area contributed by atoms with Crippen molar-refractivity contribution in [3.63, 3.8) is 0 Å². The minimum absolute atomic E-state index is 0.0143. The first-order valence-corrected chi connectivity index (χ1v) is 13.7. The van der Waals surface area contributed by atoms with Gasteiger partial charge in [0.05, 0.1) is 57.7 Å². The van der Waals surface area contributed by atoms with Crippen LogP contribution in [-0.2, 0) is 9.84 Å². The minimum Gasteiger partial charge on any atom is -0.497 e. The van der Waals surface area contributed by atoms with Crippen molar-refractivity contribution in [2.75, 3.05) is 23.9 Å². The van der Waals surface area contributed by atoms with Crippen molar-refractivity contribution >= 4 is 55.7 Å². The van der Waals surface area contributed by atoms with Crippen molar-refractivity contribution in [2.24, 2.45) is 0 Å². The average molecular weight is 545 g/mol. The molecule has 36 heavy (non-hydrogen) atoms. The van der Waals surface area contributed by atoms with E-state index in [-0.39, 0.29) is 17.5 Å². The number of amides is 1. The molecule has 0 bridgehead atoms. The number of pyridine rings is 1. The minimum atomic E-state index is -3.16. The van der Waals surface area contributed by atoms with Gasteiger partial charge in [-0.2, -0.15) is 5.10 Å². The highest BCUT2D eigenvalue weighted by Gasteiger charge is 2.32. The lowest BCUT2D eigenvalue weighted by Crippen LogP contribution is -2.15. The van der Waals surface area contributed by atoms with E-state index >= 15 is 0 Å². The fourth-order valence-corrected chi connectivity index (χ4v) is 6.55. The number of rotatable bonds is 5. The summed E-state index contributed by atoms with van der Waals surface area (Å²) in [6, 6.07) is 13.5. The summed E-state index contributed by atoms with van der Waals surface area (Å²) in [6.45, 7) is 1.78. The molecule has 1 saturated heterocycles. The molecule has 1 aliphatic heterocycles. The van der Waals surface area contributed by atoms with E-state index in [0.717, 1.165) is 5.56 Å². The maximum absolute atomic E-state index is 13.6. The third-order valence-electron chi connectivity index (χ3n) is 6.20. The molecule has 5 rings (SSSR count). The van der Waals surface area contributed by atoms with Crippen molar-refractivity contribution in [3.8, 4) is 17.0 Å². The molecule has 1 fully saturated rings. The van der Waals surface area contributed by atoms with Gasteiger partial charge in [0.25, 0.3) is 5.91 Å². The second-order valence-electron chi connectivity index (χ2n) is 8.65.